The topological polar surface area (TPSA) is 42.1 Å². The van der Waals surface area contributed by atoms with Gasteiger partial charge in [-0.3, -0.25) is 4.98 Å². The van der Waals surface area contributed by atoms with E-state index in [-0.39, 0.29) is 11.9 Å². The van der Waals surface area contributed by atoms with Gasteiger partial charge in [-0.15, -0.1) is 0 Å². The van der Waals surface area contributed by atoms with Crippen molar-refractivity contribution in [1.29, 1.82) is 0 Å². The minimum Gasteiger partial charge on any atom is -0.368 e. The number of aromatic nitrogens is 1. The maximum atomic E-state index is 14.3. The number of hydrogen-bond acceptors (Lipinski definition) is 3. The molecule has 0 amide bonds. The van der Waals surface area contributed by atoms with E-state index in [9.17, 15) is 4.39 Å². The van der Waals surface area contributed by atoms with Gasteiger partial charge < -0.3 is 10.6 Å². The van der Waals surface area contributed by atoms with Gasteiger partial charge in [-0.25, -0.2) is 4.39 Å². The number of nitrogens with two attached hydrogens (primary N) is 1. The molecule has 0 fully saturated rings. The van der Waals surface area contributed by atoms with E-state index >= 15 is 0 Å². The molecular formula is C17H22FN3. The van der Waals surface area contributed by atoms with Gasteiger partial charge in [0.15, 0.2) is 0 Å². The van der Waals surface area contributed by atoms with Crippen LogP contribution in [0.5, 0.6) is 0 Å². The lowest BCUT2D eigenvalue weighted by Crippen LogP contribution is -2.25. The number of nitrogens with zero attached hydrogens (tertiary/aromatic N) is 2. The Bertz CT molecular complexity index is 572. The summed E-state index contributed by atoms with van der Waals surface area (Å²) in [6.07, 6.45) is 5.06. The predicted molar refractivity (Wildman–Crippen MR) is 84.7 cm³/mol. The molecule has 2 rings (SSSR count). The molecule has 1 unspecified atom stereocenters. The van der Waals surface area contributed by atoms with Crippen molar-refractivity contribution in [2.75, 3.05) is 11.9 Å². The fourth-order valence-electron chi connectivity index (χ4n) is 2.42. The van der Waals surface area contributed by atoms with Crippen molar-refractivity contribution < 1.29 is 4.39 Å². The summed E-state index contributed by atoms with van der Waals surface area (Å²) in [6, 6.07) is 9.14. The maximum Gasteiger partial charge on any atom is 0.146 e. The Kier molecular flexibility index (Phi) is 5.28. The Labute approximate surface area is 125 Å². The maximum absolute atomic E-state index is 14.3. The number of para-hydroxylation sites is 1. The molecule has 0 aliphatic rings. The number of pyridine rings is 1. The first kappa shape index (κ1) is 15.4. The molecule has 0 bridgehead atoms. The fourth-order valence-corrected chi connectivity index (χ4v) is 2.42. The summed E-state index contributed by atoms with van der Waals surface area (Å²) < 4.78 is 14.3. The van der Waals surface area contributed by atoms with Gasteiger partial charge in [-0.05, 0) is 42.2 Å². The van der Waals surface area contributed by atoms with E-state index in [0.29, 0.717) is 18.7 Å². The third kappa shape index (κ3) is 4.02. The third-order valence-electron chi connectivity index (χ3n) is 3.63. The van der Waals surface area contributed by atoms with Crippen molar-refractivity contribution in [2.24, 2.45) is 5.73 Å². The van der Waals surface area contributed by atoms with Gasteiger partial charge in [0, 0.05) is 32.0 Å². The predicted octanol–water partition coefficient (Wildman–Crippen LogP) is 3.14. The van der Waals surface area contributed by atoms with Crippen LogP contribution in [0.2, 0.25) is 0 Å². The monoisotopic (exact) mass is 287 g/mol. The van der Waals surface area contributed by atoms with Crippen LogP contribution in [0.15, 0.2) is 42.7 Å². The molecule has 1 atom stereocenters. The number of rotatable bonds is 6. The van der Waals surface area contributed by atoms with Crippen LogP contribution in [-0.2, 0) is 13.0 Å². The molecule has 0 saturated heterocycles. The summed E-state index contributed by atoms with van der Waals surface area (Å²) in [5, 5.41) is 0. The second kappa shape index (κ2) is 7.18. The van der Waals surface area contributed by atoms with Gasteiger partial charge in [-0.1, -0.05) is 19.1 Å². The number of anilines is 1. The van der Waals surface area contributed by atoms with E-state index in [1.165, 1.54) is 6.07 Å². The quantitative estimate of drug-likeness (QED) is 0.887. The Balaban J connectivity index is 2.24. The lowest BCUT2D eigenvalue weighted by Gasteiger charge is -2.24. The molecule has 21 heavy (non-hydrogen) atoms. The van der Waals surface area contributed by atoms with E-state index in [2.05, 4.69) is 4.98 Å². The largest absolute Gasteiger partial charge is 0.368 e. The summed E-state index contributed by atoms with van der Waals surface area (Å²) in [5.41, 5.74) is 8.72. The molecular weight excluding hydrogens is 265 g/mol. The summed E-state index contributed by atoms with van der Waals surface area (Å²) in [6.45, 7) is 2.68. The molecule has 0 aliphatic carbocycles. The Morgan fingerprint density at radius 2 is 1.95 bits per heavy atom. The normalized spacial score (nSPS) is 12.2. The molecule has 0 spiro atoms. The van der Waals surface area contributed by atoms with Crippen molar-refractivity contribution in [2.45, 2.75) is 32.4 Å². The average Bonchev–Trinajstić information content (AvgIpc) is 2.48. The summed E-state index contributed by atoms with van der Waals surface area (Å²) in [4.78, 5) is 5.93. The fraction of sp³-hybridized carbons (Fsp3) is 0.353. The van der Waals surface area contributed by atoms with Crippen LogP contribution in [0.3, 0.4) is 0 Å². The molecule has 4 heteroatoms. The van der Waals surface area contributed by atoms with Crippen molar-refractivity contribution in [1.82, 2.24) is 4.98 Å². The molecule has 112 valence electrons. The zero-order valence-corrected chi connectivity index (χ0v) is 12.6. The van der Waals surface area contributed by atoms with Crippen molar-refractivity contribution in [3.63, 3.8) is 0 Å². The molecule has 0 radical (unpaired) electrons. The van der Waals surface area contributed by atoms with Crippen LogP contribution in [0, 0.1) is 5.82 Å². The lowest BCUT2D eigenvalue weighted by atomic mass is 10.0. The standard InChI is InChI=1S/C17H22FN3/c1-3-15(19)11-14-5-4-6-16(18)17(14)21(2)12-13-7-9-20-10-8-13/h4-10,15H,3,11-12,19H2,1-2H3. The van der Waals surface area contributed by atoms with Gasteiger partial charge in [0.2, 0.25) is 0 Å². The zero-order valence-electron chi connectivity index (χ0n) is 12.6. The SMILES string of the molecule is CCC(N)Cc1cccc(F)c1N(C)Cc1ccncc1. The molecule has 1 heterocycles. The Morgan fingerprint density at radius 3 is 2.62 bits per heavy atom. The van der Waals surface area contributed by atoms with Crippen LogP contribution < -0.4 is 10.6 Å². The van der Waals surface area contributed by atoms with Gasteiger partial charge in [0.1, 0.15) is 5.82 Å². The van der Waals surface area contributed by atoms with Crippen molar-refractivity contribution in [3.8, 4) is 0 Å². The first-order valence-electron chi connectivity index (χ1n) is 7.24. The number of hydrogen-bond donors (Lipinski definition) is 1. The molecule has 2 aromatic rings. The highest BCUT2D eigenvalue weighted by Crippen LogP contribution is 2.26. The van der Waals surface area contributed by atoms with Crippen molar-refractivity contribution >= 4 is 5.69 Å². The highest BCUT2D eigenvalue weighted by Gasteiger charge is 2.15. The lowest BCUT2D eigenvalue weighted by molar-refractivity contribution is 0.609. The molecule has 1 aromatic heterocycles. The van der Waals surface area contributed by atoms with Crippen molar-refractivity contribution in [3.05, 3.63) is 59.7 Å². The van der Waals surface area contributed by atoms with Gasteiger partial charge in [0.05, 0.1) is 5.69 Å². The molecule has 2 N–H and O–H groups in total. The van der Waals surface area contributed by atoms with Crippen LogP contribution in [0.4, 0.5) is 10.1 Å². The smallest absolute Gasteiger partial charge is 0.146 e. The summed E-state index contributed by atoms with van der Waals surface area (Å²) in [7, 11) is 1.90. The summed E-state index contributed by atoms with van der Waals surface area (Å²) >= 11 is 0. The summed E-state index contributed by atoms with van der Waals surface area (Å²) in [5.74, 6) is -0.202. The number of halogens is 1. The van der Waals surface area contributed by atoms with E-state index in [0.717, 1.165) is 17.5 Å². The Morgan fingerprint density at radius 1 is 1.24 bits per heavy atom. The van der Waals surface area contributed by atoms with Gasteiger partial charge in [0.25, 0.3) is 0 Å². The minimum absolute atomic E-state index is 0.0554. The van der Waals surface area contributed by atoms with E-state index in [1.807, 2.05) is 37.1 Å². The number of benzene rings is 1. The highest BCUT2D eigenvalue weighted by molar-refractivity contribution is 5.55. The van der Waals surface area contributed by atoms with E-state index < -0.39 is 0 Å². The molecule has 0 aliphatic heterocycles. The van der Waals surface area contributed by atoms with Crippen LogP contribution in [-0.4, -0.2) is 18.1 Å². The van der Waals surface area contributed by atoms with Crippen LogP contribution >= 0.6 is 0 Å². The zero-order chi connectivity index (χ0) is 15.2. The highest BCUT2D eigenvalue weighted by atomic mass is 19.1. The van der Waals surface area contributed by atoms with E-state index in [4.69, 9.17) is 5.73 Å². The first-order valence-corrected chi connectivity index (χ1v) is 7.24. The average molecular weight is 287 g/mol. The molecule has 0 saturated carbocycles. The first-order chi connectivity index (χ1) is 10.1. The van der Waals surface area contributed by atoms with Crippen LogP contribution in [0.1, 0.15) is 24.5 Å². The molecule has 1 aromatic carbocycles. The second-order valence-electron chi connectivity index (χ2n) is 5.33. The molecule has 3 nitrogen and oxygen atoms in total. The van der Waals surface area contributed by atoms with Gasteiger partial charge in [-0.2, -0.15) is 0 Å². The third-order valence-corrected chi connectivity index (χ3v) is 3.63. The van der Waals surface area contributed by atoms with Crippen LogP contribution in [0.25, 0.3) is 0 Å². The van der Waals surface area contributed by atoms with Gasteiger partial charge >= 0.3 is 0 Å². The van der Waals surface area contributed by atoms with E-state index in [1.54, 1.807) is 18.5 Å². The second-order valence-corrected chi connectivity index (χ2v) is 5.33. The Hall–Kier alpha value is -1.94. The minimum atomic E-state index is -0.202.